The van der Waals surface area contributed by atoms with Crippen molar-refractivity contribution >= 4 is 11.8 Å². The molecule has 0 saturated heterocycles. The smallest absolute Gasteiger partial charge is 0.257 e. The highest BCUT2D eigenvalue weighted by atomic mass is 16.2. The van der Waals surface area contributed by atoms with Gasteiger partial charge >= 0.3 is 0 Å². The van der Waals surface area contributed by atoms with Gasteiger partial charge in [-0.3, -0.25) is 15.0 Å². The van der Waals surface area contributed by atoms with Crippen molar-refractivity contribution in [3.05, 3.63) is 35.4 Å². The van der Waals surface area contributed by atoms with Gasteiger partial charge in [-0.2, -0.15) is 0 Å². The zero-order valence-corrected chi connectivity index (χ0v) is 12.7. The minimum absolute atomic E-state index is 0.00270. The summed E-state index contributed by atoms with van der Waals surface area (Å²) in [5.74, 6) is -0.439. The predicted molar refractivity (Wildman–Crippen MR) is 79.1 cm³/mol. The summed E-state index contributed by atoms with van der Waals surface area (Å²) in [5.41, 5.74) is 4.16. The molecule has 20 heavy (non-hydrogen) atoms. The van der Waals surface area contributed by atoms with E-state index in [1.165, 1.54) is 0 Å². The highest BCUT2D eigenvalue weighted by Gasteiger charge is 2.25. The van der Waals surface area contributed by atoms with Gasteiger partial charge in [0.2, 0.25) is 0 Å². The van der Waals surface area contributed by atoms with Crippen LogP contribution in [0.3, 0.4) is 0 Å². The average Bonchev–Trinajstić information content (AvgIpc) is 2.34. The molecule has 1 aromatic carbocycles. The Morgan fingerprint density at radius 2 is 1.75 bits per heavy atom. The zero-order valence-electron chi connectivity index (χ0n) is 12.7. The van der Waals surface area contributed by atoms with Crippen LogP contribution in [0.2, 0.25) is 0 Å². The van der Waals surface area contributed by atoms with E-state index < -0.39 is 6.04 Å². The Morgan fingerprint density at radius 1 is 1.15 bits per heavy atom. The maximum Gasteiger partial charge on any atom is 0.257 e. The van der Waals surface area contributed by atoms with Crippen molar-refractivity contribution < 1.29 is 9.59 Å². The molecule has 110 valence electrons. The Kier molecular flexibility index (Phi) is 5.70. The van der Waals surface area contributed by atoms with E-state index in [1.807, 2.05) is 39.0 Å². The minimum atomic E-state index is -0.565. The summed E-state index contributed by atoms with van der Waals surface area (Å²) < 4.78 is 0. The number of hydrogen-bond donors (Lipinski definition) is 2. The molecular formula is C15H23N3O2. The van der Waals surface area contributed by atoms with Crippen LogP contribution in [-0.2, 0) is 4.79 Å². The second kappa shape index (κ2) is 7.05. The van der Waals surface area contributed by atoms with Crippen molar-refractivity contribution in [2.75, 3.05) is 14.1 Å². The monoisotopic (exact) mass is 277 g/mol. The largest absolute Gasteiger partial charge is 0.340 e. The average molecular weight is 277 g/mol. The number of nitrogens with zero attached hydrogens (tertiary/aromatic N) is 1. The van der Waals surface area contributed by atoms with E-state index >= 15 is 0 Å². The fourth-order valence-electron chi connectivity index (χ4n) is 1.87. The second-order valence-electron chi connectivity index (χ2n) is 5.38. The van der Waals surface area contributed by atoms with E-state index in [0.29, 0.717) is 5.56 Å². The van der Waals surface area contributed by atoms with Crippen LogP contribution in [0.1, 0.15) is 29.8 Å². The van der Waals surface area contributed by atoms with Gasteiger partial charge in [0.25, 0.3) is 11.8 Å². The summed E-state index contributed by atoms with van der Waals surface area (Å²) in [6, 6.07) is 6.76. The van der Waals surface area contributed by atoms with Crippen LogP contribution in [0.5, 0.6) is 0 Å². The third-order valence-electron chi connectivity index (χ3n) is 2.96. The van der Waals surface area contributed by atoms with Gasteiger partial charge in [0.1, 0.15) is 6.04 Å². The number of aryl methyl sites for hydroxylation is 1. The number of carbonyl (C=O) groups excluding carboxylic acids is 2. The molecule has 5 nitrogen and oxygen atoms in total. The first kappa shape index (κ1) is 16.2. The van der Waals surface area contributed by atoms with Crippen LogP contribution in [0, 0.1) is 12.8 Å². The zero-order chi connectivity index (χ0) is 15.3. The van der Waals surface area contributed by atoms with E-state index in [2.05, 4.69) is 10.7 Å². The lowest BCUT2D eigenvalue weighted by atomic mass is 10.0. The number of amides is 2. The van der Waals surface area contributed by atoms with Crippen LogP contribution in [0.4, 0.5) is 0 Å². The molecule has 5 heteroatoms. The van der Waals surface area contributed by atoms with Crippen LogP contribution < -0.4 is 10.7 Å². The Hall–Kier alpha value is -1.88. The molecule has 0 spiro atoms. The van der Waals surface area contributed by atoms with Gasteiger partial charge in [-0.1, -0.05) is 32.0 Å². The Balaban J connectivity index is 2.84. The number of carbonyl (C=O) groups is 2. The Bertz CT molecular complexity index is 484. The van der Waals surface area contributed by atoms with E-state index in [1.54, 1.807) is 25.2 Å². The number of benzene rings is 1. The quantitative estimate of drug-likeness (QED) is 0.799. The number of hydrogen-bond acceptors (Lipinski definition) is 3. The molecule has 1 atom stereocenters. The minimum Gasteiger partial charge on any atom is -0.340 e. The van der Waals surface area contributed by atoms with E-state index in [-0.39, 0.29) is 17.7 Å². The molecule has 1 rings (SSSR count). The fraction of sp³-hybridized carbons (Fsp3) is 0.467. The summed E-state index contributed by atoms with van der Waals surface area (Å²) in [4.78, 5) is 24.3. The lowest BCUT2D eigenvalue weighted by Gasteiger charge is -2.24. The number of rotatable bonds is 5. The molecule has 2 N–H and O–H groups in total. The summed E-state index contributed by atoms with van der Waals surface area (Å²) in [6.07, 6.45) is 0. The Morgan fingerprint density at radius 3 is 2.25 bits per heavy atom. The molecule has 0 radical (unpaired) electrons. The molecule has 0 aliphatic heterocycles. The molecule has 0 aliphatic carbocycles. The Labute approximate surface area is 120 Å². The van der Waals surface area contributed by atoms with Gasteiger partial charge in [0.05, 0.1) is 0 Å². The van der Waals surface area contributed by atoms with Crippen molar-refractivity contribution in [2.45, 2.75) is 26.8 Å². The molecule has 1 aromatic rings. The normalized spacial score (nSPS) is 12.3. The first-order chi connectivity index (χ1) is 9.32. The first-order valence-electron chi connectivity index (χ1n) is 6.67. The molecule has 0 heterocycles. The van der Waals surface area contributed by atoms with Gasteiger partial charge < -0.3 is 5.32 Å². The summed E-state index contributed by atoms with van der Waals surface area (Å²) >= 11 is 0. The summed E-state index contributed by atoms with van der Waals surface area (Å²) in [7, 11) is 3.47. The first-order valence-corrected chi connectivity index (χ1v) is 6.67. The van der Waals surface area contributed by atoms with E-state index in [4.69, 9.17) is 0 Å². The molecule has 0 bridgehead atoms. The van der Waals surface area contributed by atoms with Crippen molar-refractivity contribution in [3.8, 4) is 0 Å². The molecule has 2 amide bonds. The van der Waals surface area contributed by atoms with Crippen LogP contribution in [0.25, 0.3) is 0 Å². The van der Waals surface area contributed by atoms with Gasteiger partial charge in [0.15, 0.2) is 0 Å². The molecule has 0 aliphatic rings. The van der Waals surface area contributed by atoms with Gasteiger partial charge in [-0.15, -0.1) is 0 Å². The summed E-state index contributed by atoms with van der Waals surface area (Å²) in [6.45, 7) is 5.68. The van der Waals surface area contributed by atoms with Crippen LogP contribution >= 0.6 is 0 Å². The second-order valence-corrected chi connectivity index (χ2v) is 5.38. The third kappa shape index (κ3) is 4.35. The van der Waals surface area contributed by atoms with Crippen molar-refractivity contribution in [3.63, 3.8) is 0 Å². The predicted octanol–water partition coefficient (Wildman–Crippen LogP) is 1.34. The maximum atomic E-state index is 12.3. The topological polar surface area (TPSA) is 61.4 Å². The van der Waals surface area contributed by atoms with Gasteiger partial charge in [-0.25, -0.2) is 5.01 Å². The number of hydrazine groups is 1. The van der Waals surface area contributed by atoms with Gasteiger partial charge in [0, 0.05) is 19.7 Å². The van der Waals surface area contributed by atoms with Crippen LogP contribution in [-0.4, -0.2) is 37.0 Å². The highest BCUT2D eigenvalue weighted by Crippen LogP contribution is 2.09. The molecule has 0 aromatic heterocycles. The lowest BCUT2D eigenvalue weighted by molar-refractivity contribution is -0.127. The van der Waals surface area contributed by atoms with Crippen LogP contribution in [0.15, 0.2) is 24.3 Å². The van der Waals surface area contributed by atoms with Crippen molar-refractivity contribution in [2.24, 2.45) is 5.92 Å². The van der Waals surface area contributed by atoms with Crippen molar-refractivity contribution in [1.29, 1.82) is 0 Å². The standard InChI is InChI=1S/C15H23N3O2/c1-10(2)13(15(20)17-18(4)5)16-14(19)12-9-7-6-8-11(12)3/h6-10,13H,1-5H3,(H,16,19)(H,17,20)/t13-/m0/s1. The van der Waals surface area contributed by atoms with E-state index in [0.717, 1.165) is 5.56 Å². The fourth-order valence-corrected chi connectivity index (χ4v) is 1.87. The lowest BCUT2D eigenvalue weighted by Crippen LogP contribution is -2.52. The highest BCUT2D eigenvalue weighted by molar-refractivity contribution is 5.98. The van der Waals surface area contributed by atoms with Crippen molar-refractivity contribution in [1.82, 2.24) is 15.8 Å². The SMILES string of the molecule is Cc1ccccc1C(=O)N[C@H](C(=O)NN(C)C)C(C)C. The van der Waals surface area contributed by atoms with E-state index in [9.17, 15) is 9.59 Å². The molecule has 0 saturated carbocycles. The molecular weight excluding hydrogens is 254 g/mol. The third-order valence-corrected chi connectivity index (χ3v) is 2.96. The summed E-state index contributed by atoms with van der Waals surface area (Å²) in [5, 5.41) is 4.37. The van der Waals surface area contributed by atoms with Gasteiger partial charge in [-0.05, 0) is 24.5 Å². The molecule has 0 unspecified atom stereocenters. The molecule has 0 fully saturated rings. The maximum absolute atomic E-state index is 12.3. The number of nitrogens with one attached hydrogen (secondary N) is 2.